The van der Waals surface area contributed by atoms with Crippen molar-refractivity contribution in [3.05, 3.63) is 125 Å². The smallest absolute Gasteiger partial charge is 0.218 e. The predicted molar refractivity (Wildman–Crippen MR) is 107 cm³/mol. The average molecular weight is 355 g/mol. The first-order chi connectivity index (χ1) is 13.3. The molecule has 0 bridgehead atoms. The molecule has 0 aliphatic carbocycles. The third-order valence-corrected chi connectivity index (χ3v) is 5.05. The van der Waals surface area contributed by atoms with Gasteiger partial charge >= 0.3 is 0 Å². The fourth-order valence-electron chi connectivity index (χ4n) is 3.68. The SMILES string of the molecule is [O-][N+]1=C(c2ccccc2)C=C[C@@H](C(O)c2ccccc2)[C@@H]1c1ccccc1. The number of hydrogen-bond donors (Lipinski definition) is 1. The van der Waals surface area contributed by atoms with Crippen LogP contribution >= 0.6 is 0 Å². The van der Waals surface area contributed by atoms with Gasteiger partial charge in [0, 0.05) is 17.2 Å². The molecule has 1 aliphatic rings. The van der Waals surface area contributed by atoms with Gasteiger partial charge in [0.25, 0.3) is 0 Å². The van der Waals surface area contributed by atoms with Gasteiger partial charge in [-0.1, -0.05) is 84.9 Å². The van der Waals surface area contributed by atoms with Crippen molar-refractivity contribution in [2.45, 2.75) is 12.1 Å². The van der Waals surface area contributed by atoms with Crippen molar-refractivity contribution in [3.8, 4) is 0 Å². The molecule has 0 fully saturated rings. The molecule has 1 unspecified atom stereocenters. The Bertz CT molecular complexity index is 949. The summed E-state index contributed by atoms with van der Waals surface area (Å²) in [5.41, 5.74) is 3.19. The number of hydroxylamine groups is 1. The van der Waals surface area contributed by atoms with Crippen LogP contribution in [0.1, 0.15) is 28.8 Å². The minimum Gasteiger partial charge on any atom is -0.623 e. The monoisotopic (exact) mass is 355 g/mol. The van der Waals surface area contributed by atoms with Crippen LogP contribution in [-0.2, 0) is 0 Å². The van der Waals surface area contributed by atoms with E-state index in [2.05, 4.69) is 0 Å². The molecule has 1 N–H and O–H groups in total. The highest BCUT2D eigenvalue weighted by molar-refractivity contribution is 6.05. The van der Waals surface area contributed by atoms with E-state index in [1.54, 1.807) is 0 Å². The van der Waals surface area contributed by atoms with E-state index in [1.165, 1.54) is 0 Å². The molecule has 3 heteroatoms. The molecule has 3 aromatic carbocycles. The molecule has 1 aliphatic heterocycles. The summed E-state index contributed by atoms with van der Waals surface area (Å²) < 4.78 is 1.04. The summed E-state index contributed by atoms with van der Waals surface area (Å²) >= 11 is 0. The van der Waals surface area contributed by atoms with Gasteiger partial charge in [-0.25, -0.2) is 0 Å². The lowest BCUT2D eigenvalue weighted by molar-refractivity contribution is -0.519. The molecule has 0 spiro atoms. The average Bonchev–Trinajstić information content (AvgIpc) is 2.75. The maximum atomic E-state index is 13.4. The van der Waals surface area contributed by atoms with Gasteiger partial charge in [-0.3, -0.25) is 0 Å². The Hall–Kier alpha value is -3.17. The largest absolute Gasteiger partial charge is 0.623 e. The second-order valence-corrected chi connectivity index (χ2v) is 6.72. The summed E-state index contributed by atoms with van der Waals surface area (Å²) in [6, 6.07) is 28.3. The van der Waals surface area contributed by atoms with Crippen molar-refractivity contribution in [2.75, 3.05) is 0 Å². The Morgan fingerprint density at radius 3 is 1.96 bits per heavy atom. The standard InChI is InChI=1S/C24H21NO2/c26-24(20-14-8-3-9-15-20)21-16-17-22(18-10-4-1-5-11-18)25(27)23(21)19-12-6-2-7-13-19/h1-17,21,23-24,26H/t21-,23+,24?/m1/s1. The Labute approximate surface area is 159 Å². The van der Waals surface area contributed by atoms with E-state index in [4.69, 9.17) is 0 Å². The van der Waals surface area contributed by atoms with Gasteiger partial charge in [-0.15, -0.1) is 0 Å². The lowest BCUT2D eigenvalue weighted by atomic mass is 9.83. The molecule has 0 radical (unpaired) electrons. The molecule has 0 amide bonds. The van der Waals surface area contributed by atoms with Crippen molar-refractivity contribution in [2.24, 2.45) is 5.92 Å². The first-order valence-corrected chi connectivity index (χ1v) is 9.10. The van der Waals surface area contributed by atoms with Gasteiger partial charge in [-0.05, 0) is 17.7 Å². The van der Waals surface area contributed by atoms with Gasteiger partial charge < -0.3 is 10.3 Å². The van der Waals surface area contributed by atoms with Gasteiger partial charge in [0.1, 0.15) is 0 Å². The number of aliphatic hydroxyl groups is 1. The molecule has 1 heterocycles. The highest BCUT2D eigenvalue weighted by Crippen LogP contribution is 2.38. The van der Waals surface area contributed by atoms with Crippen LogP contribution in [0.5, 0.6) is 0 Å². The maximum Gasteiger partial charge on any atom is 0.218 e. The van der Waals surface area contributed by atoms with Crippen LogP contribution in [0, 0.1) is 11.1 Å². The quantitative estimate of drug-likeness (QED) is 0.547. The van der Waals surface area contributed by atoms with Crippen molar-refractivity contribution >= 4 is 5.71 Å². The van der Waals surface area contributed by atoms with Crippen molar-refractivity contribution in [3.63, 3.8) is 0 Å². The van der Waals surface area contributed by atoms with Crippen LogP contribution in [-0.4, -0.2) is 15.6 Å². The lowest BCUT2D eigenvalue weighted by Crippen LogP contribution is -2.33. The molecular formula is C24H21NO2. The maximum absolute atomic E-state index is 13.4. The summed E-state index contributed by atoms with van der Waals surface area (Å²) in [5, 5.41) is 24.4. The number of rotatable bonds is 4. The van der Waals surface area contributed by atoms with E-state index >= 15 is 0 Å². The highest BCUT2D eigenvalue weighted by Gasteiger charge is 2.38. The number of aliphatic hydroxyl groups excluding tert-OH is 1. The summed E-state index contributed by atoms with van der Waals surface area (Å²) in [7, 11) is 0. The van der Waals surface area contributed by atoms with E-state index in [1.807, 2.05) is 103 Å². The van der Waals surface area contributed by atoms with E-state index in [0.29, 0.717) is 5.71 Å². The molecule has 134 valence electrons. The summed E-state index contributed by atoms with van der Waals surface area (Å²) in [4.78, 5) is 0. The lowest BCUT2D eigenvalue weighted by Gasteiger charge is -2.31. The van der Waals surface area contributed by atoms with Gasteiger partial charge in [0.05, 0.1) is 12.0 Å². The second kappa shape index (κ2) is 7.60. The van der Waals surface area contributed by atoms with Crippen LogP contribution in [0.4, 0.5) is 0 Å². The Morgan fingerprint density at radius 1 is 0.778 bits per heavy atom. The fraction of sp³-hybridized carbons (Fsp3) is 0.125. The minimum absolute atomic E-state index is 0.347. The minimum atomic E-state index is -0.763. The molecule has 27 heavy (non-hydrogen) atoms. The molecule has 0 saturated heterocycles. The van der Waals surface area contributed by atoms with Gasteiger partial charge in [0.2, 0.25) is 5.71 Å². The van der Waals surface area contributed by atoms with Crippen molar-refractivity contribution in [1.82, 2.24) is 0 Å². The first kappa shape index (κ1) is 17.3. The number of benzene rings is 3. The Balaban J connectivity index is 1.79. The van der Waals surface area contributed by atoms with E-state index in [9.17, 15) is 10.3 Å². The van der Waals surface area contributed by atoms with Crippen LogP contribution in [0.2, 0.25) is 0 Å². The summed E-state index contributed by atoms with van der Waals surface area (Å²) in [6.07, 6.45) is 3.03. The molecule has 0 aromatic heterocycles. The highest BCUT2D eigenvalue weighted by atomic mass is 16.5. The third kappa shape index (κ3) is 3.42. The van der Waals surface area contributed by atoms with Crippen molar-refractivity contribution < 1.29 is 9.85 Å². The first-order valence-electron chi connectivity index (χ1n) is 9.10. The predicted octanol–water partition coefficient (Wildman–Crippen LogP) is 4.65. The normalized spacial score (nSPS) is 20.5. The van der Waals surface area contributed by atoms with Crippen LogP contribution in [0.3, 0.4) is 0 Å². The zero-order chi connectivity index (χ0) is 18.6. The van der Waals surface area contributed by atoms with Crippen molar-refractivity contribution in [1.29, 1.82) is 0 Å². The molecule has 3 nitrogen and oxygen atoms in total. The summed E-state index contributed by atoms with van der Waals surface area (Å²) in [5.74, 6) is -0.347. The Kier molecular flexibility index (Phi) is 4.86. The van der Waals surface area contributed by atoms with Gasteiger partial charge in [0.15, 0.2) is 6.04 Å². The van der Waals surface area contributed by atoms with Crippen LogP contribution in [0.25, 0.3) is 0 Å². The second-order valence-electron chi connectivity index (χ2n) is 6.72. The summed E-state index contributed by atoms with van der Waals surface area (Å²) in [6.45, 7) is 0. The van der Waals surface area contributed by atoms with Crippen LogP contribution < -0.4 is 0 Å². The molecule has 3 aromatic rings. The molecular weight excluding hydrogens is 334 g/mol. The fourth-order valence-corrected chi connectivity index (χ4v) is 3.68. The number of hydrogen-bond acceptors (Lipinski definition) is 2. The van der Waals surface area contributed by atoms with E-state index in [0.717, 1.165) is 21.4 Å². The molecule has 4 rings (SSSR count). The van der Waals surface area contributed by atoms with E-state index in [-0.39, 0.29) is 5.92 Å². The zero-order valence-corrected chi connectivity index (χ0v) is 14.8. The number of nitrogens with zero attached hydrogens (tertiary/aromatic N) is 1. The Morgan fingerprint density at radius 2 is 1.33 bits per heavy atom. The molecule has 0 saturated carbocycles. The number of allylic oxidation sites excluding steroid dienone is 1. The molecule has 3 atom stereocenters. The topological polar surface area (TPSA) is 46.3 Å². The van der Waals surface area contributed by atoms with Crippen LogP contribution in [0.15, 0.2) is 103 Å². The third-order valence-electron chi connectivity index (χ3n) is 5.05. The van der Waals surface area contributed by atoms with Gasteiger partial charge in [-0.2, -0.15) is 4.74 Å². The zero-order valence-electron chi connectivity index (χ0n) is 14.8. The van der Waals surface area contributed by atoms with E-state index < -0.39 is 12.1 Å².